The van der Waals surface area contributed by atoms with E-state index in [0.717, 1.165) is 12.8 Å². The molecule has 1 saturated carbocycles. The highest BCUT2D eigenvalue weighted by molar-refractivity contribution is 5.26. The van der Waals surface area contributed by atoms with Crippen molar-refractivity contribution in [2.75, 3.05) is 19.7 Å². The minimum Gasteiger partial charge on any atom is -0.378 e. The van der Waals surface area contributed by atoms with Crippen LogP contribution in [0.4, 0.5) is 8.78 Å². The number of rotatable bonds is 1. The zero-order chi connectivity index (χ0) is 9.10. The third kappa shape index (κ3) is 0.789. The summed E-state index contributed by atoms with van der Waals surface area (Å²) in [6.07, 6.45) is 1.60. The van der Waals surface area contributed by atoms with E-state index in [0.29, 0.717) is 19.7 Å². The number of ether oxygens (including phenoxy) is 1. The molecule has 2 aliphatic heterocycles. The van der Waals surface area contributed by atoms with Crippen LogP contribution < -0.4 is 5.32 Å². The molecule has 2 nitrogen and oxygen atoms in total. The molecule has 74 valence electrons. The maximum atomic E-state index is 13.4. The van der Waals surface area contributed by atoms with Crippen LogP contribution in [-0.2, 0) is 4.74 Å². The Balaban J connectivity index is 1.78. The van der Waals surface area contributed by atoms with Crippen molar-refractivity contribution >= 4 is 0 Å². The SMILES string of the molecule is FC1(F)C(C2CCCO2)C12CNC2. The smallest absolute Gasteiger partial charge is 0.262 e. The molecule has 1 spiro atoms. The zero-order valence-corrected chi connectivity index (χ0v) is 7.35. The molecule has 0 radical (unpaired) electrons. The molecule has 2 atom stereocenters. The van der Waals surface area contributed by atoms with E-state index in [9.17, 15) is 8.78 Å². The van der Waals surface area contributed by atoms with Gasteiger partial charge in [-0.2, -0.15) is 0 Å². The molecule has 1 aliphatic carbocycles. The van der Waals surface area contributed by atoms with Crippen LogP contribution in [0.15, 0.2) is 0 Å². The molecule has 0 aromatic heterocycles. The molecule has 3 aliphatic rings. The van der Waals surface area contributed by atoms with Crippen LogP contribution in [0, 0.1) is 11.3 Å². The maximum absolute atomic E-state index is 13.4. The molecule has 0 aromatic carbocycles. The van der Waals surface area contributed by atoms with Crippen molar-refractivity contribution in [3.8, 4) is 0 Å². The van der Waals surface area contributed by atoms with Gasteiger partial charge in [0.05, 0.1) is 17.4 Å². The second-order valence-corrected chi connectivity index (χ2v) is 4.41. The highest BCUT2D eigenvalue weighted by atomic mass is 19.3. The fourth-order valence-corrected chi connectivity index (χ4v) is 2.84. The lowest BCUT2D eigenvalue weighted by atomic mass is 9.93. The minimum absolute atomic E-state index is 0.169. The summed E-state index contributed by atoms with van der Waals surface area (Å²) in [6.45, 7) is 1.62. The van der Waals surface area contributed by atoms with Gasteiger partial charge in [-0.05, 0) is 12.8 Å². The van der Waals surface area contributed by atoms with E-state index in [4.69, 9.17) is 4.74 Å². The van der Waals surface area contributed by atoms with Gasteiger partial charge in [-0.3, -0.25) is 0 Å². The van der Waals surface area contributed by atoms with Gasteiger partial charge in [-0.1, -0.05) is 0 Å². The van der Waals surface area contributed by atoms with Gasteiger partial charge in [-0.15, -0.1) is 0 Å². The second kappa shape index (κ2) is 2.23. The first-order valence-corrected chi connectivity index (χ1v) is 4.89. The first kappa shape index (κ1) is 8.12. The largest absolute Gasteiger partial charge is 0.378 e. The summed E-state index contributed by atoms with van der Waals surface area (Å²) in [5, 5.41) is 2.94. The summed E-state index contributed by atoms with van der Waals surface area (Å²) >= 11 is 0. The lowest BCUT2D eigenvalue weighted by Gasteiger charge is -2.28. The first-order chi connectivity index (χ1) is 6.18. The molecule has 2 unspecified atom stereocenters. The number of hydrogen-bond donors (Lipinski definition) is 1. The summed E-state index contributed by atoms with van der Waals surface area (Å²) in [5.74, 6) is -2.96. The standard InChI is InChI=1S/C9H13F2NO/c10-9(11)7(6-2-1-3-13-6)8(9)4-12-5-8/h6-7,12H,1-5H2. The molecule has 0 aromatic rings. The van der Waals surface area contributed by atoms with E-state index in [1.165, 1.54) is 0 Å². The Morgan fingerprint density at radius 1 is 1.31 bits per heavy atom. The van der Waals surface area contributed by atoms with Crippen molar-refractivity contribution in [1.29, 1.82) is 0 Å². The molecule has 1 N–H and O–H groups in total. The van der Waals surface area contributed by atoms with Crippen LogP contribution in [0.2, 0.25) is 0 Å². The van der Waals surface area contributed by atoms with Crippen LogP contribution in [0.3, 0.4) is 0 Å². The van der Waals surface area contributed by atoms with Crippen molar-refractivity contribution < 1.29 is 13.5 Å². The van der Waals surface area contributed by atoms with E-state index in [-0.39, 0.29) is 6.10 Å². The molecular formula is C9H13F2NO. The van der Waals surface area contributed by atoms with Gasteiger partial charge in [0.15, 0.2) is 0 Å². The minimum atomic E-state index is -2.47. The molecule has 4 heteroatoms. The fraction of sp³-hybridized carbons (Fsp3) is 1.00. The average Bonchev–Trinajstić information content (AvgIpc) is 2.46. The molecule has 13 heavy (non-hydrogen) atoms. The van der Waals surface area contributed by atoms with Crippen LogP contribution in [0.1, 0.15) is 12.8 Å². The third-order valence-corrected chi connectivity index (χ3v) is 3.78. The first-order valence-electron chi connectivity index (χ1n) is 4.89. The fourth-order valence-electron chi connectivity index (χ4n) is 2.84. The van der Waals surface area contributed by atoms with Crippen LogP contribution >= 0.6 is 0 Å². The summed E-state index contributed by atoms with van der Waals surface area (Å²) < 4.78 is 32.2. The molecule has 3 fully saturated rings. The summed E-state index contributed by atoms with van der Waals surface area (Å²) in [4.78, 5) is 0. The Morgan fingerprint density at radius 2 is 2.08 bits per heavy atom. The van der Waals surface area contributed by atoms with E-state index < -0.39 is 17.3 Å². The van der Waals surface area contributed by atoms with Gasteiger partial charge < -0.3 is 10.1 Å². The van der Waals surface area contributed by atoms with Gasteiger partial charge in [0.25, 0.3) is 5.92 Å². The zero-order valence-electron chi connectivity index (χ0n) is 7.35. The van der Waals surface area contributed by atoms with Gasteiger partial charge in [0, 0.05) is 19.7 Å². The van der Waals surface area contributed by atoms with Crippen LogP contribution in [0.5, 0.6) is 0 Å². The number of alkyl halides is 2. The Hall–Kier alpha value is -0.220. The van der Waals surface area contributed by atoms with Crippen molar-refractivity contribution in [2.24, 2.45) is 11.3 Å². The average molecular weight is 189 g/mol. The highest BCUT2D eigenvalue weighted by Crippen LogP contribution is 2.70. The summed E-state index contributed by atoms with van der Waals surface area (Å²) in [5.41, 5.74) is -0.720. The Kier molecular flexibility index (Phi) is 1.39. The topological polar surface area (TPSA) is 21.3 Å². The van der Waals surface area contributed by atoms with E-state index in [1.54, 1.807) is 0 Å². The monoisotopic (exact) mass is 189 g/mol. The molecule has 3 rings (SSSR count). The van der Waals surface area contributed by atoms with E-state index in [2.05, 4.69) is 5.32 Å². The molecular weight excluding hydrogens is 176 g/mol. The molecule has 0 bridgehead atoms. The number of nitrogens with one attached hydrogen (secondary N) is 1. The summed E-state index contributed by atoms with van der Waals surface area (Å²) in [6, 6.07) is 0. The van der Waals surface area contributed by atoms with Gasteiger partial charge >= 0.3 is 0 Å². The molecule has 2 heterocycles. The van der Waals surface area contributed by atoms with Gasteiger partial charge in [0.1, 0.15) is 0 Å². The van der Waals surface area contributed by atoms with Crippen LogP contribution in [-0.4, -0.2) is 31.7 Å². The summed E-state index contributed by atoms with van der Waals surface area (Å²) in [7, 11) is 0. The highest BCUT2D eigenvalue weighted by Gasteiger charge is 2.84. The van der Waals surface area contributed by atoms with Crippen LogP contribution in [0.25, 0.3) is 0 Å². The maximum Gasteiger partial charge on any atom is 0.262 e. The van der Waals surface area contributed by atoms with Gasteiger partial charge in [0.2, 0.25) is 0 Å². The number of hydrogen-bond acceptors (Lipinski definition) is 2. The lowest BCUT2D eigenvalue weighted by Crippen LogP contribution is -2.48. The predicted octanol–water partition coefficient (Wildman–Crippen LogP) is 1.02. The number of halogens is 2. The normalized spacial score (nSPS) is 44.8. The Labute approximate surface area is 75.6 Å². The Morgan fingerprint density at radius 3 is 2.46 bits per heavy atom. The van der Waals surface area contributed by atoms with E-state index >= 15 is 0 Å². The second-order valence-electron chi connectivity index (χ2n) is 4.41. The third-order valence-electron chi connectivity index (χ3n) is 3.78. The quantitative estimate of drug-likeness (QED) is 0.665. The predicted molar refractivity (Wildman–Crippen MR) is 42.7 cm³/mol. The van der Waals surface area contributed by atoms with Crippen molar-refractivity contribution in [2.45, 2.75) is 24.9 Å². The van der Waals surface area contributed by atoms with Crippen molar-refractivity contribution in [3.05, 3.63) is 0 Å². The molecule has 2 saturated heterocycles. The Bertz CT molecular complexity index is 234. The van der Waals surface area contributed by atoms with Crippen molar-refractivity contribution in [1.82, 2.24) is 5.32 Å². The van der Waals surface area contributed by atoms with E-state index in [1.807, 2.05) is 0 Å². The lowest BCUT2D eigenvalue weighted by molar-refractivity contribution is 0.0205. The van der Waals surface area contributed by atoms with Crippen molar-refractivity contribution in [3.63, 3.8) is 0 Å². The van der Waals surface area contributed by atoms with Gasteiger partial charge in [-0.25, -0.2) is 8.78 Å². The molecule has 0 amide bonds.